The molecule has 0 bridgehead atoms. The van der Waals surface area contributed by atoms with Gasteiger partial charge in [-0.2, -0.15) is 0 Å². The Bertz CT molecular complexity index is 84.1. The molecule has 0 saturated carbocycles. The molecular weight excluding hydrogens is 142 g/mol. The van der Waals surface area contributed by atoms with Gasteiger partial charge >= 0.3 is 0 Å². The number of nitrogens with one attached hydrogen (secondary N) is 1. The first-order chi connectivity index (χ1) is 5.06. The third-order valence-corrected chi connectivity index (χ3v) is 1.23. The molecule has 0 aromatic rings. The Morgan fingerprint density at radius 2 is 1.91 bits per heavy atom. The summed E-state index contributed by atoms with van der Waals surface area (Å²) in [4.78, 5) is 0. The maximum atomic E-state index is 8.98. The van der Waals surface area contributed by atoms with Gasteiger partial charge in [0.05, 0.1) is 6.10 Å². The molecule has 0 aromatic heterocycles. The van der Waals surface area contributed by atoms with E-state index in [4.69, 9.17) is 9.84 Å². The molecule has 68 valence electrons. The van der Waals surface area contributed by atoms with E-state index in [0.29, 0.717) is 0 Å². The standard InChI is InChI=1S/C8H19NO2/c1-5-8(9-7(4)10)11-6(2)3/h6-10H,5H2,1-4H3. The van der Waals surface area contributed by atoms with E-state index in [2.05, 4.69) is 5.32 Å². The van der Waals surface area contributed by atoms with Crippen LogP contribution in [0.15, 0.2) is 0 Å². The molecule has 0 amide bonds. The average Bonchev–Trinajstić information content (AvgIpc) is 1.84. The van der Waals surface area contributed by atoms with Crippen molar-refractivity contribution in [3.05, 3.63) is 0 Å². The molecule has 0 spiro atoms. The van der Waals surface area contributed by atoms with Gasteiger partial charge in [0.2, 0.25) is 0 Å². The SMILES string of the molecule is CCC(NC(C)O)OC(C)C. The second-order valence-electron chi connectivity index (χ2n) is 2.92. The summed E-state index contributed by atoms with van der Waals surface area (Å²) in [5.41, 5.74) is 0. The maximum Gasteiger partial charge on any atom is 0.110 e. The molecule has 0 aliphatic carbocycles. The summed E-state index contributed by atoms with van der Waals surface area (Å²) in [6, 6.07) is 0. The molecule has 2 atom stereocenters. The Hall–Kier alpha value is -0.120. The van der Waals surface area contributed by atoms with Crippen molar-refractivity contribution in [1.29, 1.82) is 0 Å². The molecule has 2 N–H and O–H groups in total. The van der Waals surface area contributed by atoms with Crippen LogP contribution in [0, 0.1) is 0 Å². The average molecular weight is 161 g/mol. The van der Waals surface area contributed by atoms with Crippen molar-refractivity contribution in [3.63, 3.8) is 0 Å². The largest absolute Gasteiger partial charge is 0.379 e. The highest BCUT2D eigenvalue weighted by Gasteiger charge is 2.09. The molecule has 0 aliphatic heterocycles. The number of rotatable bonds is 5. The summed E-state index contributed by atoms with van der Waals surface area (Å²) in [7, 11) is 0. The van der Waals surface area contributed by atoms with E-state index in [9.17, 15) is 0 Å². The second kappa shape index (κ2) is 5.52. The molecule has 0 aliphatic rings. The molecule has 2 unspecified atom stereocenters. The van der Waals surface area contributed by atoms with E-state index in [1.54, 1.807) is 6.92 Å². The lowest BCUT2D eigenvalue weighted by molar-refractivity contribution is -0.0423. The van der Waals surface area contributed by atoms with Crippen LogP contribution < -0.4 is 5.32 Å². The van der Waals surface area contributed by atoms with Gasteiger partial charge in [-0.15, -0.1) is 0 Å². The summed E-state index contributed by atoms with van der Waals surface area (Å²) in [5, 5.41) is 11.9. The molecule has 0 heterocycles. The molecule has 0 aromatic carbocycles. The lowest BCUT2D eigenvalue weighted by atomic mass is 10.4. The van der Waals surface area contributed by atoms with E-state index >= 15 is 0 Å². The Kier molecular flexibility index (Phi) is 5.46. The van der Waals surface area contributed by atoms with Gasteiger partial charge < -0.3 is 9.84 Å². The van der Waals surface area contributed by atoms with Crippen molar-refractivity contribution in [3.8, 4) is 0 Å². The summed E-state index contributed by atoms with van der Waals surface area (Å²) < 4.78 is 5.44. The predicted octanol–water partition coefficient (Wildman–Crippen LogP) is 1.08. The van der Waals surface area contributed by atoms with E-state index < -0.39 is 6.23 Å². The van der Waals surface area contributed by atoms with Gasteiger partial charge in [-0.3, -0.25) is 5.32 Å². The Labute approximate surface area is 68.8 Å². The fourth-order valence-corrected chi connectivity index (χ4v) is 0.851. The van der Waals surface area contributed by atoms with Crippen LogP contribution in [-0.4, -0.2) is 23.7 Å². The number of aliphatic hydroxyl groups excluding tert-OH is 1. The van der Waals surface area contributed by atoms with Crippen LogP contribution >= 0.6 is 0 Å². The first-order valence-corrected chi connectivity index (χ1v) is 4.15. The molecule has 3 heteroatoms. The van der Waals surface area contributed by atoms with Crippen LogP contribution in [0.5, 0.6) is 0 Å². The zero-order valence-corrected chi connectivity index (χ0v) is 7.79. The van der Waals surface area contributed by atoms with E-state index in [1.807, 2.05) is 20.8 Å². The monoisotopic (exact) mass is 161 g/mol. The maximum absolute atomic E-state index is 8.98. The highest BCUT2D eigenvalue weighted by molar-refractivity contribution is 4.54. The molecule has 11 heavy (non-hydrogen) atoms. The van der Waals surface area contributed by atoms with Crippen molar-refractivity contribution in [1.82, 2.24) is 5.32 Å². The summed E-state index contributed by atoms with van der Waals surface area (Å²) in [5.74, 6) is 0. The third-order valence-electron chi connectivity index (χ3n) is 1.23. The van der Waals surface area contributed by atoms with Crippen LogP contribution in [0.1, 0.15) is 34.1 Å². The van der Waals surface area contributed by atoms with Gasteiger partial charge in [-0.25, -0.2) is 0 Å². The topological polar surface area (TPSA) is 41.5 Å². The minimum Gasteiger partial charge on any atom is -0.379 e. The van der Waals surface area contributed by atoms with Gasteiger partial charge in [-0.05, 0) is 27.2 Å². The number of aliphatic hydroxyl groups is 1. The Morgan fingerprint density at radius 1 is 1.36 bits per heavy atom. The summed E-state index contributed by atoms with van der Waals surface area (Å²) in [6.07, 6.45) is 0.531. The lowest BCUT2D eigenvalue weighted by Crippen LogP contribution is -2.39. The highest BCUT2D eigenvalue weighted by atomic mass is 16.5. The van der Waals surface area contributed by atoms with Crippen LogP contribution in [0.4, 0.5) is 0 Å². The first-order valence-electron chi connectivity index (χ1n) is 4.15. The fraction of sp³-hybridized carbons (Fsp3) is 1.00. The molecule has 0 radical (unpaired) electrons. The third kappa shape index (κ3) is 6.28. The number of hydrogen-bond donors (Lipinski definition) is 2. The quantitative estimate of drug-likeness (QED) is 0.593. The lowest BCUT2D eigenvalue weighted by Gasteiger charge is -2.21. The minimum absolute atomic E-state index is 0.0324. The minimum atomic E-state index is -0.501. The van der Waals surface area contributed by atoms with Gasteiger partial charge in [0.1, 0.15) is 12.5 Å². The highest BCUT2D eigenvalue weighted by Crippen LogP contribution is 1.99. The van der Waals surface area contributed by atoms with E-state index in [-0.39, 0.29) is 12.3 Å². The Morgan fingerprint density at radius 3 is 2.18 bits per heavy atom. The predicted molar refractivity (Wildman–Crippen MR) is 45.1 cm³/mol. The number of ether oxygens (including phenoxy) is 1. The van der Waals surface area contributed by atoms with Crippen LogP contribution in [0.3, 0.4) is 0 Å². The number of hydrogen-bond acceptors (Lipinski definition) is 3. The second-order valence-corrected chi connectivity index (χ2v) is 2.92. The molecular formula is C8H19NO2. The van der Waals surface area contributed by atoms with Gasteiger partial charge in [-0.1, -0.05) is 6.92 Å². The fourth-order valence-electron chi connectivity index (χ4n) is 0.851. The van der Waals surface area contributed by atoms with Gasteiger partial charge in [0.15, 0.2) is 0 Å². The van der Waals surface area contributed by atoms with Gasteiger partial charge in [0, 0.05) is 0 Å². The molecule has 0 fully saturated rings. The summed E-state index contributed by atoms with van der Waals surface area (Å²) >= 11 is 0. The van der Waals surface area contributed by atoms with Crippen molar-refractivity contribution in [2.45, 2.75) is 52.7 Å². The molecule has 3 nitrogen and oxygen atoms in total. The van der Waals surface area contributed by atoms with Crippen molar-refractivity contribution >= 4 is 0 Å². The normalized spacial score (nSPS) is 16.9. The zero-order chi connectivity index (χ0) is 8.85. The van der Waals surface area contributed by atoms with Crippen LogP contribution in [0.25, 0.3) is 0 Å². The van der Waals surface area contributed by atoms with E-state index in [1.165, 1.54) is 0 Å². The van der Waals surface area contributed by atoms with Crippen molar-refractivity contribution < 1.29 is 9.84 Å². The molecule has 0 saturated heterocycles. The van der Waals surface area contributed by atoms with Crippen molar-refractivity contribution in [2.75, 3.05) is 0 Å². The molecule has 0 rings (SSSR count). The van der Waals surface area contributed by atoms with Gasteiger partial charge in [0.25, 0.3) is 0 Å². The Balaban J connectivity index is 3.58. The zero-order valence-electron chi connectivity index (χ0n) is 7.79. The van der Waals surface area contributed by atoms with Crippen LogP contribution in [-0.2, 0) is 4.74 Å². The van der Waals surface area contributed by atoms with E-state index in [0.717, 1.165) is 6.42 Å². The smallest absolute Gasteiger partial charge is 0.110 e. The summed E-state index contributed by atoms with van der Waals surface area (Å²) in [6.45, 7) is 7.66. The first kappa shape index (κ1) is 10.9. The van der Waals surface area contributed by atoms with Crippen molar-refractivity contribution in [2.24, 2.45) is 0 Å². The van der Waals surface area contributed by atoms with Crippen LogP contribution in [0.2, 0.25) is 0 Å².